The van der Waals surface area contributed by atoms with Gasteiger partial charge in [0.25, 0.3) is 5.91 Å². The molecule has 0 fully saturated rings. The molecule has 0 aliphatic carbocycles. The van der Waals surface area contributed by atoms with E-state index in [1.54, 1.807) is 22.7 Å². The number of rotatable bonds is 3. The number of thiophene rings is 2. The Morgan fingerprint density at radius 2 is 2.00 bits per heavy atom. The van der Waals surface area contributed by atoms with Gasteiger partial charge in [-0.15, -0.1) is 22.7 Å². The number of carbonyl (C=O) groups excluding carboxylic acids is 1. The molecular formula is C20H19N3OS2. The first-order valence-electron chi connectivity index (χ1n) is 8.79. The average molecular weight is 382 g/mol. The summed E-state index contributed by atoms with van der Waals surface area (Å²) < 4.78 is 0. The van der Waals surface area contributed by atoms with Crippen LogP contribution in [0.1, 0.15) is 37.4 Å². The van der Waals surface area contributed by atoms with Gasteiger partial charge in [0.2, 0.25) is 0 Å². The molecule has 5 rings (SSSR count). The second-order valence-corrected chi connectivity index (χ2v) is 8.80. The van der Waals surface area contributed by atoms with Crippen LogP contribution < -0.4 is 10.6 Å². The van der Waals surface area contributed by atoms with E-state index < -0.39 is 0 Å². The first-order chi connectivity index (χ1) is 12.8. The summed E-state index contributed by atoms with van der Waals surface area (Å²) in [6.45, 7) is 2.87. The molecule has 2 N–H and O–H groups in total. The van der Waals surface area contributed by atoms with Crippen LogP contribution in [0, 0.1) is 0 Å². The molecule has 1 amide bonds. The predicted octanol–water partition coefficient (Wildman–Crippen LogP) is 4.22. The zero-order chi connectivity index (χ0) is 17.5. The van der Waals surface area contributed by atoms with Crippen LogP contribution in [0.5, 0.6) is 0 Å². The van der Waals surface area contributed by atoms with Crippen molar-refractivity contribution in [3.8, 4) is 0 Å². The molecule has 0 spiro atoms. The Morgan fingerprint density at radius 3 is 2.81 bits per heavy atom. The predicted molar refractivity (Wildman–Crippen MR) is 107 cm³/mol. The second kappa shape index (κ2) is 6.54. The van der Waals surface area contributed by atoms with Gasteiger partial charge in [0.15, 0.2) is 0 Å². The van der Waals surface area contributed by atoms with Crippen molar-refractivity contribution in [3.63, 3.8) is 0 Å². The molecule has 6 heteroatoms. The number of nitrogens with one attached hydrogen (secondary N) is 2. The first-order valence-corrected chi connectivity index (χ1v) is 10.5. The highest BCUT2D eigenvalue weighted by Crippen LogP contribution is 2.41. The van der Waals surface area contributed by atoms with Crippen LogP contribution in [0.15, 0.2) is 47.8 Å². The molecule has 2 aromatic heterocycles. The molecular weight excluding hydrogens is 362 g/mol. The Labute approximate surface area is 160 Å². The monoisotopic (exact) mass is 381 g/mol. The van der Waals surface area contributed by atoms with Crippen LogP contribution in [0.4, 0.5) is 5.00 Å². The smallest absolute Gasteiger partial charge is 0.256 e. The number of anilines is 1. The summed E-state index contributed by atoms with van der Waals surface area (Å²) in [5, 5.41) is 9.71. The molecule has 0 radical (unpaired) electrons. The lowest BCUT2D eigenvalue weighted by Crippen LogP contribution is -2.38. The van der Waals surface area contributed by atoms with Gasteiger partial charge < -0.3 is 10.6 Å². The summed E-state index contributed by atoms with van der Waals surface area (Å²) in [4.78, 5) is 17.7. The molecule has 1 atom stereocenters. The van der Waals surface area contributed by atoms with E-state index in [1.807, 2.05) is 11.4 Å². The van der Waals surface area contributed by atoms with Gasteiger partial charge in [0.1, 0.15) is 11.2 Å². The number of benzene rings is 1. The fraction of sp³-hybridized carbons (Fsp3) is 0.250. The minimum atomic E-state index is -0.115. The lowest BCUT2D eigenvalue weighted by atomic mass is 10.0. The normalized spacial score (nSPS) is 19.4. The van der Waals surface area contributed by atoms with Crippen molar-refractivity contribution in [3.05, 3.63) is 74.3 Å². The maximum absolute atomic E-state index is 12.7. The van der Waals surface area contributed by atoms with Gasteiger partial charge in [0, 0.05) is 29.4 Å². The van der Waals surface area contributed by atoms with Gasteiger partial charge >= 0.3 is 0 Å². The average Bonchev–Trinajstić information content (AvgIpc) is 3.30. The van der Waals surface area contributed by atoms with Gasteiger partial charge in [-0.3, -0.25) is 9.69 Å². The number of carbonyl (C=O) groups is 1. The largest absolute Gasteiger partial charge is 0.352 e. The third-order valence-electron chi connectivity index (χ3n) is 4.99. The summed E-state index contributed by atoms with van der Waals surface area (Å²) in [5.74, 6) is 0.0613. The van der Waals surface area contributed by atoms with Crippen LogP contribution in [0.3, 0.4) is 0 Å². The van der Waals surface area contributed by atoms with E-state index in [0.717, 1.165) is 41.5 Å². The van der Waals surface area contributed by atoms with E-state index >= 15 is 0 Å². The number of hydrogen-bond acceptors (Lipinski definition) is 5. The minimum absolute atomic E-state index is 0.0613. The SMILES string of the molecule is O=C1N[C@@H](c2cccs2)Nc2sc3c(c21)CCN(Cc1ccccc1)C3. The van der Waals surface area contributed by atoms with Gasteiger partial charge in [-0.25, -0.2) is 0 Å². The highest BCUT2D eigenvalue weighted by atomic mass is 32.1. The highest BCUT2D eigenvalue weighted by Gasteiger charge is 2.33. The van der Waals surface area contributed by atoms with Crippen LogP contribution in [0.2, 0.25) is 0 Å². The molecule has 2 aliphatic rings. The fourth-order valence-electron chi connectivity index (χ4n) is 3.74. The van der Waals surface area contributed by atoms with E-state index in [0.29, 0.717) is 0 Å². The molecule has 132 valence electrons. The standard InChI is InChI=1S/C20H19N3OS2/c24-19-17-14-8-9-23(11-13-5-2-1-3-6-13)12-16(14)26-20(17)22-18(21-19)15-7-4-10-25-15/h1-7,10,18,22H,8-9,11-12H2,(H,21,24)/t18-/m1/s1. The topological polar surface area (TPSA) is 44.4 Å². The molecule has 4 nitrogen and oxygen atoms in total. The van der Waals surface area contributed by atoms with Crippen molar-refractivity contribution >= 4 is 33.6 Å². The van der Waals surface area contributed by atoms with Crippen molar-refractivity contribution in [1.29, 1.82) is 0 Å². The zero-order valence-electron chi connectivity index (χ0n) is 14.2. The fourth-order valence-corrected chi connectivity index (χ4v) is 5.78. The Balaban J connectivity index is 1.39. The molecule has 1 aromatic carbocycles. The quantitative estimate of drug-likeness (QED) is 0.714. The summed E-state index contributed by atoms with van der Waals surface area (Å²) in [7, 11) is 0. The molecule has 2 aliphatic heterocycles. The third kappa shape index (κ3) is 2.84. The van der Waals surface area contributed by atoms with Gasteiger partial charge in [-0.1, -0.05) is 36.4 Å². The van der Waals surface area contributed by atoms with Crippen LogP contribution in [-0.2, 0) is 19.5 Å². The van der Waals surface area contributed by atoms with Crippen LogP contribution >= 0.6 is 22.7 Å². The van der Waals surface area contributed by atoms with E-state index in [9.17, 15) is 4.79 Å². The number of hydrogen-bond donors (Lipinski definition) is 2. The second-order valence-electron chi connectivity index (χ2n) is 6.72. The van der Waals surface area contributed by atoms with Crippen LogP contribution in [-0.4, -0.2) is 17.4 Å². The maximum Gasteiger partial charge on any atom is 0.256 e. The Hall–Kier alpha value is -2.15. The number of fused-ring (bicyclic) bond motifs is 3. The van der Waals surface area contributed by atoms with E-state index in [4.69, 9.17) is 0 Å². The molecule has 26 heavy (non-hydrogen) atoms. The minimum Gasteiger partial charge on any atom is -0.352 e. The molecule has 0 saturated heterocycles. The van der Waals surface area contributed by atoms with E-state index in [2.05, 4.69) is 51.9 Å². The molecule has 3 aromatic rings. The van der Waals surface area contributed by atoms with Gasteiger partial charge in [-0.2, -0.15) is 0 Å². The summed E-state index contributed by atoms with van der Waals surface area (Å²) in [6.07, 6.45) is 0.822. The number of nitrogens with zero attached hydrogens (tertiary/aromatic N) is 1. The van der Waals surface area contributed by atoms with Crippen molar-refractivity contribution in [2.75, 3.05) is 11.9 Å². The Kier molecular flexibility index (Phi) is 4.04. The van der Waals surface area contributed by atoms with E-state index in [1.165, 1.54) is 16.0 Å². The maximum atomic E-state index is 12.7. The van der Waals surface area contributed by atoms with Crippen LogP contribution in [0.25, 0.3) is 0 Å². The number of amides is 1. The van der Waals surface area contributed by atoms with Gasteiger partial charge in [0.05, 0.1) is 5.56 Å². The molecule has 0 saturated carbocycles. The zero-order valence-corrected chi connectivity index (χ0v) is 15.8. The van der Waals surface area contributed by atoms with Crippen molar-refractivity contribution < 1.29 is 4.79 Å². The van der Waals surface area contributed by atoms with Crippen molar-refractivity contribution in [2.24, 2.45) is 0 Å². The third-order valence-corrected chi connectivity index (χ3v) is 7.08. The molecule has 4 heterocycles. The molecule has 0 bridgehead atoms. The first kappa shape index (κ1) is 16.1. The Morgan fingerprint density at radius 1 is 1.12 bits per heavy atom. The van der Waals surface area contributed by atoms with Crippen molar-refractivity contribution in [1.82, 2.24) is 10.2 Å². The lowest BCUT2D eigenvalue weighted by Gasteiger charge is -2.28. The Bertz CT molecular complexity index is 934. The van der Waals surface area contributed by atoms with E-state index in [-0.39, 0.29) is 12.1 Å². The van der Waals surface area contributed by atoms with Crippen molar-refractivity contribution in [2.45, 2.75) is 25.7 Å². The summed E-state index contributed by atoms with van der Waals surface area (Å²) in [6, 6.07) is 14.7. The molecule has 0 unspecified atom stereocenters. The van der Waals surface area contributed by atoms with Gasteiger partial charge in [-0.05, 0) is 29.0 Å². The lowest BCUT2D eigenvalue weighted by molar-refractivity contribution is 0.0935. The summed E-state index contributed by atoms with van der Waals surface area (Å²) in [5.41, 5.74) is 3.45. The highest BCUT2D eigenvalue weighted by molar-refractivity contribution is 7.16. The summed E-state index contributed by atoms with van der Waals surface area (Å²) >= 11 is 3.41.